The van der Waals surface area contributed by atoms with Gasteiger partial charge in [0.15, 0.2) is 0 Å². The monoisotopic (exact) mass is 223 g/mol. The fraction of sp³-hybridized carbons (Fsp3) is 0.273. The highest BCUT2D eigenvalue weighted by Crippen LogP contribution is 2.29. The first kappa shape index (κ1) is 10.2. The molecule has 1 aliphatic heterocycles. The number of likely N-dealkylation sites (tertiary alicyclic amines) is 1. The molecule has 0 bridgehead atoms. The number of carbonyl (C=O) groups excluding carboxylic acids is 2. The molecule has 1 atom stereocenters. The zero-order chi connectivity index (χ0) is 10.8. The van der Waals surface area contributed by atoms with Crippen molar-refractivity contribution < 1.29 is 9.59 Å². The number of nitrogens with zero attached hydrogens (tertiary/aromatic N) is 1. The Morgan fingerprint density at radius 3 is 2.13 bits per heavy atom. The normalized spacial score (nSPS) is 18.3. The van der Waals surface area contributed by atoms with Gasteiger partial charge in [-0.25, -0.2) is 0 Å². The molecule has 1 heterocycles. The topological polar surface area (TPSA) is 37.4 Å². The van der Waals surface area contributed by atoms with Crippen LogP contribution in [0.4, 0.5) is 0 Å². The summed E-state index contributed by atoms with van der Waals surface area (Å²) in [6.45, 7) is 0. The maximum Gasteiger partial charge on any atom is 0.231 e. The minimum atomic E-state index is -0.673. The molecule has 2 rings (SSSR count). The lowest BCUT2D eigenvalue weighted by atomic mass is 10.2. The van der Waals surface area contributed by atoms with Gasteiger partial charge in [-0.2, -0.15) is 0 Å². The molecule has 15 heavy (non-hydrogen) atoms. The van der Waals surface area contributed by atoms with E-state index < -0.39 is 5.50 Å². The van der Waals surface area contributed by atoms with Crippen LogP contribution >= 0.6 is 11.6 Å². The predicted octanol–water partition coefficient (Wildman–Crippen LogP) is 2.07. The third-order valence-electron chi connectivity index (χ3n) is 2.39. The smallest absolute Gasteiger partial charge is 0.231 e. The molecule has 0 saturated carbocycles. The van der Waals surface area contributed by atoms with Gasteiger partial charge in [-0.1, -0.05) is 41.9 Å². The molecule has 1 aromatic carbocycles. The highest BCUT2D eigenvalue weighted by molar-refractivity contribution is 6.23. The second kappa shape index (κ2) is 4.03. The number of alkyl halides is 1. The van der Waals surface area contributed by atoms with Crippen LogP contribution in [0.5, 0.6) is 0 Å². The van der Waals surface area contributed by atoms with Gasteiger partial charge in [-0.3, -0.25) is 14.5 Å². The third kappa shape index (κ3) is 1.88. The molecular weight excluding hydrogens is 214 g/mol. The maximum atomic E-state index is 11.4. The van der Waals surface area contributed by atoms with Gasteiger partial charge in [-0.05, 0) is 5.56 Å². The van der Waals surface area contributed by atoms with Gasteiger partial charge in [0.1, 0.15) is 5.50 Å². The summed E-state index contributed by atoms with van der Waals surface area (Å²) < 4.78 is 0. The van der Waals surface area contributed by atoms with Gasteiger partial charge < -0.3 is 0 Å². The molecule has 2 amide bonds. The fourth-order valence-electron chi connectivity index (χ4n) is 1.61. The molecule has 1 unspecified atom stereocenters. The molecule has 0 N–H and O–H groups in total. The van der Waals surface area contributed by atoms with Crippen LogP contribution in [0.2, 0.25) is 0 Å². The maximum absolute atomic E-state index is 11.4. The Bertz CT molecular complexity index is 375. The molecule has 0 spiro atoms. The van der Waals surface area contributed by atoms with Crippen molar-refractivity contribution in [2.45, 2.75) is 18.3 Å². The van der Waals surface area contributed by atoms with E-state index in [0.29, 0.717) is 0 Å². The average Bonchev–Trinajstić information content (AvgIpc) is 2.59. The first-order chi connectivity index (χ1) is 7.20. The Hall–Kier alpha value is -1.35. The second-order valence-corrected chi connectivity index (χ2v) is 3.82. The summed E-state index contributed by atoms with van der Waals surface area (Å²) in [5.41, 5.74) is 0.0940. The van der Waals surface area contributed by atoms with E-state index in [1.807, 2.05) is 18.2 Å². The van der Waals surface area contributed by atoms with Gasteiger partial charge in [0.2, 0.25) is 11.8 Å². The van der Waals surface area contributed by atoms with Crippen molar-refractivity contribution in [2.75, 3.05) is 0 Å². The van der Waals surface area contributed by atoms with Crippen LogP contribution in [0.3, 0.4) is 0 Å². The molecule has 0 aromatic heterocycles. The van der Waals surface area contributed by atoms with Gasteiger partial charge in [0.25, 0.3) is 0 Å². The second-order valence-electron chi connectivity index (χ2n) is 3.40. The Kier molecular flexibility index (Phi) is 2.73. The molecule has 0 radical (unpaired) electrons. The van der Waals surface area contributed by atoms with Crippen molar-refractivity contribution in [3.8, 4) is 0 Å². The Balaban J connectivity index is 2.24. The molecule has 1 fully saturated rings. The zero-order valence-electron chi connectivity index (χ0n) is 8.02. The minimum absolute atomic E-state index is 0.191. The lowest BCUT2D eigenvalue weighted by molar-refractivity contribution is -0.139. The lowest BCUT2D eigenvalue weighted by Gasteiger charge is -2.20. The number of imide groups is 1. The predicted molar refractivity (Wildman–Crippen MR) is 56.1 cm³/mol. The van der Waals surface area contributed by atoms with Gasteiger partial charge in [-0.15, -0.1) is 0 Å². The van der Waals surface area contributed by atoms with E-state index in [1.54, 1.807) is 12.1 Å². The van der Waals surface area contributed by atoms with Crippen molar-refractivity contribution in [2.24, 2.45) is 0 Å². The SMILES string of the molecule is O=C1CCC(=O)N1C(Cl)c1ccccc1. The summed E-state index contributed by atoms with van der Waals surface area (Å²) in [6.07, 6.45) is 0.545. The van der Waals surface area contributed by atoms with Crippen LogP contribution in [0.1, 0.15) is 23.9 Å². The lowest BCUT2D eigenvalue weighted by Crippen LogP contribution is -2.30. The van der Waals surface area contributed by atoms with Crippen LogP contribution in [-0.4, -0.2) is 16.7 Å². The van der Waals surface area contributed by atoms with Crippen LogP contribution in [-0.2, 0) is 9.59 Å². The number of hydrogen-bond acceptors (Lipinski definition) is 2. The van der Waals surface area contributed by atoms with Gasteiger partial charge in [0, 0.05) is 12.8 Å². The number of rotatable bonds is 2. The summed E-state index contributed by atoms with van der Waals surface area (Å²) in [5.74, 6) is -0.382. The van der Waals surface area contributed by atoms with Crippen molar-refractivity contribution in [3.63, 3.8) is 0 Å². The summed E-state index contributed by atoms with van der Waals surface area (Å²) in [7, 11) is 0. The van der Waals surface area contributed by atoms with Gasteiger partial charge >= 0.3 is 0 Å². The Morgan fingerprint density at radius 1 is 1.07 bits per heavy atom. The van der Waals surface area contributed by atoms with Crippen LogP contribution < -0.4 is 0 Å². The Morgan fingerprint density at radius 2 is 1.60 bits per heavy atom. The average molecular weight is 224 g/mol. The van der Waals surface area contributed by atoms with Crippen molar-refractivity contribution >= 4 is 23.4 Å². The zero-order valence-corrected chi connectivity index (χ0v) is 8.78. The van der Waals surface area contributed by atoms with Gasteiger partial charge in [0.05, 0.1) is 0 Å². The van der Waals surface area contributed by atoms with E-state index >= 15 is 0 Å². The van der Waals surface area contributed by atoms with E-state index in [4.69, 9.17) is 11.6 Å². The molecule has 3 nitrogen and oxygen atoms in total. The molecule has 1 saturated heterocycles. The number of carbonyl (C=O) groups is 2. The third-order valence-corrected chi connectivity index (χ3v) is 2.84. The first-order valence-corrected chi connectivity index (χ1v) is 5.17. The quantitative estimate of drug-likeness (QED) is 0.437. The van der Waals surface area contributed by atoms with E-state index in [2.05, 4.69) is 0 Å². The van der Waals surface area contributed by atoms with Crippen molar-refractivity contribution in [1.82, 2.24) is 4.90 Å². The van der Waals surface area contributed by atoms with Crippen LogP contribution in [0.15, 0.2) is 30.3 Å². The largest absolute Gasteiger partial charge is 0.274 e. The van der Waals surface area contributed by atoms with Crippen molar-refractivity contribution in [1.29, 1.82) is 0 Å². The minimum Gasteiger partial charge on any atom is -0.274 e. The fourth-order valence-corrected chi connectivity index (χ4v) is 1.97. The Labute approximate surface area is 92.6 Å². The molecule has 1 aromatic rings. The highest BCUT2D eigenvalue weighted by Gasteiger charge is 2.34. The molecule has 0 aliphatic carbocycles. The molecule has 4 heteroatoms. The summed E-state index contributed by atoms with van der Waals surface area (Å²) >= 11 is 6.09. The number of halogens is 1. The summed E-state index contributed by atoms with van der Waals surface area (Å²) in [6, 6.07) is 9.12. The van der Waals surface area contributed by atoms with Crippen LogP contribution in [0.25, 0.3) is 0 Å². The number of benzene rings is 1. The summed E-state index contributed by atoms with van der Waals surface area (Å²) in [5, 5.41) is 0. The van der Waals surface area contributed by atoms with E-state index in [0.717, 1.165) is 10.5 Å². The van der Waals surface area contributed by atoms with E-state index in [9.17, 15) is 9.59 Å². The van der Waals surface area contributed by atoms with E-state index in [1.165, 1.54) is 0 Å². The highest BCUT2D eigenvalue weighted by atomic mass is 35.5. The summed E-state index contributed by atoms with van der Waals surface area (Å²) in [4.78, 5) is 24.0. The molecule has 78 valence electrons. The van der Waals surface area contributed by atoms with E-state index in [-0.39, 0.29) is 24.7 Å². The molecule has 1 aliphatic rings. The van der Waals surface area contributed by atoms with Crippen LogP contribution in [0, 0.1) is 0 Å². The standard InChI is InChI=1S/C11H10ClNO2/c12-11(8-4-2-1-3-5-8)13-9(14)6-7-10(13)15/h1-5,11H,6-7H2. The first-order valence-electron chi connectivity index (χ1n) is 4.74. The molecular formula is C11H10ClNO2. The number of hydrogen-bond donors (Lipinski definition) is 0. The number of amides is 2. The van der Waals surface area contributed by atoms with Crippen molar-refractivity contribution in [3.05, 3.63) is 35.9 Å².